The van der Waals surface area contributed by atoms with Crippen molar-refractivity contribution in [2.45, 2.75) is 24.6 Å². The van der Waals surface area contributed by atoms with E-state index in [9.17, 15) is 10.2 Å². The summed E-state index contributed by atoms with van der Waals surface area (Å²) >= 11 is 0. The number of ether oxygens (including phenoxy) is 2. The number of aliphatic hydroxyl groups excluding tert-OH is 2. The van der Waals surface area contributed by atoms with E-state index in [1.165, 1.54) is 0 Å². The van der Waals surface area contributed by atoms with Gasteiger partial charge in [0, 0.05) is 0 Å². The number of terminal acetylenes is 1. The normalized spacial score (nSPS) is 51.9. The largest absolute Gasteiger partial charge is 0.389 e. The fourth-order valence-corrected chi connectivity index (χ4v) is 1.61. The predicted molar refractivity (Wildman–Crippen MR) is 38.9 cm³/mol. The zero-order chi connectivity index (χ0) is 8.72. The van der Waals surface area contributed by atoms with Gasteiger partial charge in [-0.3, -0.25) is 0 Å². The predicted octanol–water partition coefficient (Wildman–Crippen LogP) is -1.29. The molecule has 4 heteroatoms. The fraction of sp³-hybridized carbons (Fsp3) is 0.750. The molecule has 4 nitrogen and oxygen atoms in total. The van der Waals surface area contributed by atoms with Crippen LogP contribution in [0.5, 0.6) is 0 Å². The summed E-state index contributed by atoms with van der Waals surface area (Å²) in [6, 6.07) is 0. The Morgan fingerprint density at radius 3 is 2.75 bits per heavy atom. The molecule has 2 bridgehead atoms. The van der Waals surface area contributed by atoms with E-state index in [0.717, 1.165) is 0 Å². The summed E-state index contributed by atoms with van der Waals surface area (Å²) in [4.78, 5) is 0. The SMILES string of the molecule is C#C[C@H]1[C@H](O)[C@@H](O)[C@@H]2OC[C@H]1O2. The maximum absolute atomic E-state index is 9.47. The van der Waals surface area contributed by atoms with Gasteiger partial charge in [-0.2, -0.15) is 0 Å². The third-order valence-electron chi connectivity index (χ3n) is 2.32. The summed E-state index contributed by atoms with van der Waals surface area (Å²) in [6.45, 7) is 0.355. The Bertz CT molecular complexity index is 222. The van der Waals surface area contributed by atoms with Crippen LogP contribution >= 0.6 is 0 Å². The van der Waals surface area contributed by atoms with Gasteiger partial charge in [0.2, 0.25) is 0 Å². The van der Waals surface area contributed by atoms with Gasteiger partial charge in [0.25, 0.3) is 0 Å². The monoisotopic (exact) mass is 170 g/mol. The molecule has 0 aromatic carbocycles. The van der Waals surface area contributed by atoms with Gasteiger partial charge in [-0.05, 0) is 0 Å². The molecule has 2 rings (SSSR count). The summed E-state index contributed by atoms with van der Waals surface area (Å²) in [5, 5.41) is 18.8. The second-order valence-corrected chi connectivity index (χ2v) is 3.05. The maximum Gasteiger partial charge on any atom is 0.186 e. The lowest BCUT2D eigenvalue weighted by molar-refractivity contribution is -0.204. The van der Waals surface area contributed by atoms with Crippen molar-refractivity contribution < 1.29 is 19.7 Å². The highest BCUT2D eigenvalue weighted by atomic mass is 16.7. The van der Waals surface area contributed by atoms with Crippen LogP contribution in [0.1, 0.15) is 0 Å². The molecule has 2 heterocycles. The van der Waals surface area contributed by atoms with Crippen molar-refractivity contribution in [2.24, 2.45) is 5.92 Å². The number of fused-ring (bicyclic) bond motifs is 2. The number of aliphatic hydroxyl groups is 2. The number of hydrogen-bond acceptors (Lipinski definition) is 4. The molecule has 2 saturated heterocycles. The lowest BCUT2D eigenvalue weighted by Crippen LogP contribution is -2.49. The van der Waals surface area contributed by atoms with Crippen molar-refractivity contribution >= 4 is 0 Å². The van der Waals surface area contributed by atoms with Gasteiger partial charge < -0.3 is 19.7 Å². The average Bonchev–Trinajstić information content (AvgIpc) is 2.49. The molecule has 0 unspecified atom stereocenters. The summed E-state index contributed by atoms with van der Waals surface area (Å²) in [6.07, 6.45) is 2.27. The van der Waals surface area contributed by atoms with Crippen LogP contribution in [0.3, 0.4) is 0 Å². The minimum absolute atomic E-state index is 0.265. The Kier molecular flexibility index (Phi) is 1.81. The minimum Gasteiger partial charge on any atom is -0.389 e. The lowest BCUT2D eigenvalue weighted by atomic mass is 9.91. The van der Waals surface area contributed by atoms with Crippen LogP contribution in [-0.2, 0) is 9.47 Å². The van der Waals surface area contributed by atoms with Crippen LogP contribution in [0, 0.1) is 18.3 Å². The quantitative estimate of drug-likeness (QED) is 0.444. The molecular weight excluding hydrogens is 160 g/mol. The highest BCUT2D eigenvalue weighted by Gasteiger charge is 2.48. The third kappa shape index (κ3) is 0.952. The second-order valence-electron chi connectivity index (χ2n) is 3.05. The van der Waals surface area contributed by atoms with Gasteiger partial charge in [0.15, 0.2) is 6.29 Å². The van der Waals surface area contributed by atoms with Gasteiger partial charge in [-0.1, -0.05) is 5.92 Å². The molecule has 0 spiro atoms. The van der Waals surface area contributed by atoms with E-state index in [-0.39, 0.29) is 6.10 Å². The Hall–Kier alpha value is -0.600. The molecule has 2 N–H and O–H groups in total. The van der Waals surface area contributed by atoms with Gasteiger partial charge in [-0.15, -0.1) is 6.42 Å². The van der Waals surface area contributed by atoms with Crippen molar-refractivity contribution in [3.05, 3.63) is 0 Å². The summed E-state index contributed by atoms with van der Waals surface area (Å²) in [5.41, 5.74) is 0. The molecule has 2 aliphatic heterocycles. The van der Waals surface area contributed by atoms with Crippen molar-refractivity contribution in [3.63, 3.8) is 0 Å². The molecule has 2 fully saturated rings. The highest BCUT2D eigenvalue weighted by molar-refractivity contribution is 5.07. The molecule has 0 aromatic rings. The van der Waals surface area contributed by atoms with Crippen LogP contribution in [0.2, 0.25) is 0 Å². The first-order chi connectivity index (χ1) is 5.74. The smallest absolute Gasteiger partial charge is 0.186 e. The van der Waals surface area contributed by atoms with Crippen LogP contribution in [0.4, 0.5) is 0 Å². The van der Waals surface area contributed by atoms with Gasteiger partial charge in [-0.25, -0.2) is 0 Å². The maximum atomic E-state index is 9.47. The Labute approximate surface area is 70.1 Å². The van der Waals surface area contributed by atoms with E-state index in [0.29, 0.717) is 6.61 Å². The highest BCUT2D eigenvalue weighted by Crippen LogP contribution is 2.31. The van der Waals surface area contributed by atoms with E-state index in [1.54, 1.807) is 0 Å². The second kappa shape index (κ2) is 2.71. The van der Waals surface area contributed by atoms with Crippen molar-refractivity contribution in [1.29, 1.82) is 0 Å². The van der Waals surface area contributed by atoms with Gasteiger partial charge in [0.05, 0.1) is 12.5 Å². The summed E-state index contributed by atoms with van der Waals surface area (Å²) < 4.78 is 10.3. The van der Waals surface area contributed by atoms with Crippen LogP contribution in [0.15, 0.2) is 0 Å². The molecule has 5 atom stereocenters. The first kappa shape index (κ1) is 8.02. The molecule has 2 aliphatic rings. The lowest BCUT2D eigenvalue weighted by Gasteiger charge is -2.32. The van der Waals surface area contributed by atoms with E-state index in [2.05, 4.69) is 5.92 Å². The Morgan fingerprint density at radius 2 is 2.08 bits per heavy atom. The number of hydrogen-bond donors (Lipinski definition) is 2. The Morgan fingerprint density at radius 1 is 1.33 bits per heavy atom. The van der Waals surface area contributed by atoms with Gasteiger partial charge in [0.1, 0.15) is 18.3 Å². The van der Waals surface area contributed by atoms with E-state index in [4.69, 9.17) is 15.9 Å². The third-order valence-corrected chi connectivity index (χ3v) is 2.32. The van der Waals surface area contributed by atoms with E-state index < -0.39 is 24.4 Å². The average molecular weight is 170 g/mol. The molecule has 0 amide bonds. The number of rotatable bonds is 0. The summed E-state index contributed by atoms with van der Waals surface area (Å²) in [7, 11) is 0. The zero-order valence-electron chi connectivity index (χ0n) is 6.38. The van der Waals surface area contributed by atoms with Crippen molar-refractivity contribution in [3.8, 4) is 12.3 Å². The van der Waals surface area contributed by atoms with Gasteiger partial charge >= 0.3 is 0 Å². The van der Waals surface area contributed by atoms with Crippen molar-refractivity contribution in [1.82, 2.24) is 0 Å². The van der Waals surface area contributed by atoms with Crippen LogP contribution in [0.25, 0.3) is 0 Å². The van der Waals surface area contributed by atoms with Crippen molar-refractivity contribution in [2.75, 3.05) is 6.61 Å². The Balaban J connectivity index is 2.21. The standard InChI is InChI=1S/C8H10O4/c1-2-4-5-3-11-8(12-5)7(10)6(4)9/h1,4-10H,3H2/t4-,5-,6+,7-,8-/m1/s1. The van der Waals surface area contributed by atoms with Crippen LogP contribution in [-0.4, -0.2) is 41.4 Å². The first-order valence-electron chi connectivity index (χ1n) is 3.83. The molecule has 0 aliphatic carbocycles. The summed E-state index contributed by atoms with van der Waals surface area (Å²) in [5.74, 6) is 1.94. The zero-order valence-corrected chi connectivity index (χ0v) is 6.38. The van der Waals surface area contributed by atoms with E-state index >= 15 is 0 Å². The molecule has 66 valence electrons. The topological polar surface area (TPSA) is 58.9 Å². The molecule has 0 radical (unpaired) electrons. The minimum atomic E-state index is -1.02. The molecule has 0 saturated carbocycles. The fourth-order valence-electron chi connectivity index (χ4n) is 1.61. The van der Waals surface area contributed by atoms with Crippen LogP contribution < -0.4 is 0 Å². The molecular formula is C8H10O4. The van der Waals surface area contributed by atoms with E-state index in [1.807, 2.05) is 0 Å². The molecule has 0 aromatic heterocycles. The molecule has 12 heavy (non-hydrogen) atoms. The first-order valence-corrected chi connectivity index (χ1v) is 3.83.